The van der Waals surface area contributed by atoms with Crippen LogP contribution in [0.25, 0.3) is 11.0 Å². The van der Waals surface area contributed by atoms with E-state index in [1.807, 2.05) is 24.3 Å². The van der Waals surface area contributed by atoms with Gasteiger partial charge in [-0.25, -0.2) is 4.39 Å². The molecule has 4 rings (SSSR count). The highest BCUT2D eigenvalue weighted by Gasteiger charge is 2.12. The summed E-state index contributed by atoms with van der Waals surface area (Å²) in [5.41, 5.74) is 0.766. The number of nitrogens with zero attached hydrogens (tertiary/aromatic N) is 3. The second kappa shape index (κ2) is 9.18. The molecule has 6 nitrogen and oxygen atoms in total. The molecule has 158 valence electrons. The zero-order valence-electron chi connectivity index (χ0n) is 16.9. The van der Waals surface area contributed by atoms with Crippen molar-refractivity contribution in [1.82, 2.24) is 14.6 Å². The third-order valence-electron chi connectivity index (χ3n) is 4.70. The van der Waals surface area contributed by atoms with Gasteiger partial charge in [0.25, 0.3) is 11.1 Å². The molecular formula is C23H20FN3O3S. The van der Waals surface area contributed by atoms with E-state index >= 15 is 0 Å². The van der Waals surface area contributed by atoms with Crippen LogP contribution in [-0.4, -0.2) is 21.2 Å². The van der Waals surface area contributed by atoms with Crippen molar-refractivity contribution in [2.24, 2.45) is 0 Å². The molecule has 8 heteroatoms. The molecule has 0 aliphatic carbocycles. The van der Waals surface area contributed by atoms with Gasteiger partial charge in [-0.1, -0.05) is 55.0 Å². The average Bonchev–Trinajstić information content (AvgIpc) is 3.06. The number of benzene rings is 2. The van der Waals surface area contributed by atoms with Crippen LogP contribution < -0.4 is 20.4 Å². The minimum Gasteiger partial charge on any atom is -0.493 e. The fraction of sp³-hybridized carbons (Fsp3) is 0.217. The van der Waals surface area contributed by atoms with Gasteiger partial charge in [0, 0.05) is 12.0 Å². The molecule has 4 aromatic rings. The van der Waals surface area contributed by atoms with E-state index in [0.717, 1.165) is 34.3 Å². The number of rotatable bonds is 7. The van der Waals surface area contributed by atoms with Gasteiger partial charge in [0.2, 0.25) is 4.96 Å². The normalized spacial score (nSPS) is 11.9. The molecule has 0 fully saturated rings. The van der Waals surface area contributed by atoms with E-state index in [2.05, 4.69) is 17.0 Å². The smallest absolute Gasteiger partial charge is 0.296 e. The van der Waals surface area contributed by atoms with Crippen molar-refractivity contribution in [2.75, 3.05) is 6.61 Å². The van der Waals surface area contributed by atoms with Gasteiger partial charge in [0.15, 0.2) is 0 Å². The average molecular weight is 437 g/mol. The number of unbranched alkanes of at least 4 members (excludes halogenated alkanes) is 1. The number of hydrogen-bond acceptors (Lipinski definition) is 6. The quantitative estimate of drug-likeness (QED) is 0.416. The predicted octanol–water partition coefficient (Wildman–Crippen LogP) is 2.97. The molecule has 0 saturated carbocycles. The van der Waals surface area contributed by atoms with Crippen molar-refractivity contribution in [3.8, 4) is 5.75 Å². The summed E-state index contributed by atoms with van der Waals surface area (Å²) >= 11 is 1.10. The Morgan fingerprint density at radius 2 is 1.90 bits per heavy atom. The molecule has 0 saturated heterocycles. The Labute approximate surface area is 181 Å². The third kappa shape index (κ3) is 4.69. The van der Waals surface area contributed by atoms with Gasteiger partial charge in [0.1, 0.15) is 17.3 Å². The van der Waals surface area contributed by atoms with Crippen LogP contribution in [-0.2, 0) is 6.42 Å². The van der Waals surface area contributed by atoms with Gasteiger partial charge in [-0.2, -0.15) is 14.6 Å². The van der Waals surface area contributed by atoms with E-state index in [1.165, 1.54) is 12.1 Å². The van der Waals surface area contributed by atoms with Crippen LogP contribution in [0.15, 0.2) is 58.1 Å². The first-order valence-corrected chi connectivity index (χ1v) is 10.8. The Balaban J connectivity index is 1.73. The molecular weight excluding hydrogens is 417 g/mol. The molecule has 0 amide bonds. The summed E-state index contributed by atoms with van der Waals surface area (Å²) in [5, 5.41) is 4.23. The lowest BCUT2D eigenvalue weighted by Gasteiger charge is -2.07. The minimum absolute atomic E-state index is 0.133. The number of ether oxygens (including phenoxy) is 1. The van der Waals surface area contributed by atoms with Gasteiger partial charge < -0.3 is 4.74 Å². The standard InChI is InChI=1S/C23H20FN3O3S/c1-2-3-12-30-19-7-5-4-6-16(19)14-20-22(29)27-23(31-20)25-21(28)18(26-27)13-15-8-10-17(24)11-9-15/h4-11,14H,2-3,12-13H2,1H3/b20-14+. The molecule has 0 spiro atoms. The highest BCUT2D eigenvalue weighted by molar-refractivity contribution is 7.15. The van der Waals surface area contributed by atoms with Crippen molar-refractivity contribution in [1.29, 1.82) is 0 Å². The molecule has 0 aliphatic heterocycles. The van der Waals surface area contributed by atoms with E-state index in [1.54, 1.807) is 18.2 Å². The Morgan fingerprint density at radius 3 is 2.68 bits per heavy atom. The summed E-state index contributed by atoms with van der Waals surface area (Å²) in [6.45, 7) is 2.69. The summed E-state index contributed by atoms with van der Waals surface area (Å²) in [4.78, 5) is 29.6. The second-order valence-corrected chi connectivity index (χ2v) is 8.03. The van der Waals surface area contributed by atoms with Gasteiger partial charge in [0.05, 0.1) is 11.1 Å². The molecule has 2 aromatic heterocycles. The van der Waals surface area contributed by atoms with Crippen molar-refractivity contribution in [2.45, 2.75) is 26.2 Å². The lowest BCUT2D eigenvalue weighted by atomic mass is 10.1. The van der Waals surface area contributed by atoms with Crippen LogP contribution in [0.2, 0.25) is 0 Å². The van der Waals surface area contributed by atoms with Gasteiger partial charge >= 0.3 is 0 Å². The largest absolute Gasteiger partial charge is 0.493 e. The maximum absolute atomic E-state index is 13.1. The molecule has 0 unspecified atom stereocenters. The maximum atomic E-state index is 13.1. The van der Waals surface area contributed by atoms with E-state index in [-0.39, 0.29) is 28.5 Å². The number of para-hydroxylation sites is 1. The molecule has 0 aliphatic rings. The first kappa shape index (κ1) is 20.9. The summed E-state index contributed by atoms with van der Waals surface area (Å²) in [6.07, 6.45) is 3.86. The summed E-state index contributed by atoms with van der Waals surface area (Å²) < 4.78 is 20.5. The first-order valence-electron chi connectivity index (χ1n) is 9.96. The Bertz CT molecular complexity index is 1380. The van der Waals surface area contributed by atoms with Gasteiger partial charge in [-0.05, 0) is 36.3 Å². The SMILES string of the molecule is CCCCOc1ccccc1/C=c1/sc2nc(=O)c(Cc3ccc(F)cc3)nn2c1=O. The first-order chi connectivity index (χ1) is 15.0. The third-order valence-corrected chi connectivity index (χ3v) is 5.66. The lowest BCUT2D eigenvalue weighted by Crippen LogP contribution is -2.28. The van der Waals surface area contributed by atoms with Gasteiger partial charge in [-0.3, -0.25) is 9.59 Å². The van der Waals surface area contributed by atoms with Crippen molar-refractivity contribution in [3.05, 3.63) is 96.4 Å². The summed E-state index contributed by atoms with van der Waals surface area (Å²) in [6, 6.07) is 13.3. The van der Waals surface area contributed by atoms with E-state index in [4.69, 9.17) is 4.74 Å². The predicted molar refractivity (Wildman–Crippen MR) is 118 cm³/mol. The van der Waals surface area contributed by atoms with Crippen LogP contribution >= 0.6 is 11.3 Å². The monoisotopic (exact) mass is 437 g/mol. The van der Waals surface area contributed by atoms with Gasteiger partial charge in [-0.15, -0.1) is 0 Å². The van der Waals surface area contributed by atoms with E-state index < -0.39 is 5.56 Å². The molecule has 31 heavy (non-hydrogen) atoms. The summed E-state index contributed by atoms with van der Waals surface area (Å²) in [5.74, 6) is 0.334. The number of fused-ring (bicyclic) bond motifs is 1. The van der Waals surface area contributed by atoms with Crippen LogP contribution in [0.1, 0.15) is 36.6 Å². The zero-order valence-corrected chi connectivity index (χ0v) is 17.7. The Kier molecular flexibility index (Phi) is 6.18. The number of aromatic nitrogens is 3. The van der Waals surface area contributed by atoms with Crippen LogP contribution in [0.4, 0.5) is 4.39 Å². The highest BCUT2D eigenvalue weighted by Crippen LogP contribution is 2.19. The number of thiazole rings is 1. The molecule has 0 radical (unpaired) electrons. The minimum atomic E-state index is -0.500. The molecule has 0 bridgehead atoms. The van der Waals surface area contributed by atoms with Crippen LogP contribution in [0.5, 0.6) is 5.75 Å². The van der Waals surface area contributed by atoms with Crippen molar-refractivity contribution >= 4 is 22.4 Å². The van der Waals surface area contributed by atoms with Crippen LogP contribution in [0.3, 0.4) is 0 Å². The van der Waals surface area contributed by atoms with E-state index in [0.29, 0.717) is 22.5 Å². The van der Waals surface area contributed by atoms with Crippen molar-refractivity contribution < 1.29 is 9.13 Å². The number of hydrogen-bond donors (Lipinski definition) is 0. The fourth-order valence-electron chi connectivity index (χ4n) is 3.05. The molecule has 2 aromatic carbocycles. The second-order valence-electron chi connectivity index (χ2n) is 7.02. The zero-order chi connectivity index (χ0) is 21.8. The molecule has 2 heterocycles. The van der Waals surface area contributed by atoms with Crippen molar-refractivity contribution in [3.63, 3.8) is 0 Å². The maximum Gasteiger partial charge on any atom is 0.296 e. The van der Waals surface area contributed by atoms with E-state index in [9.17, 15) is 14.0 Å². The Hall–Kier alpha value is -3.39. The summed E-state index contributed by atoms with van der Waals surface area (Å²) in [7, 11) is 0. The Morgan fingerprint density at radius 1 is 1.13 bits per heavy atom. The molecule has 0 N–H and O–H groups in total. The lowest BCUT2D eigenvalue weighted by molar-refractivity contribution is 0.309. The number of halogens is 1. The topological polar surface area (TPSA) is 73.6 Å². The highest BCUT2D eigenvalue weighted by atomic mass is 32.1. The fourth-order valence-corrected chi connectivity index (χ4v) is 3.94. The molecule has 0 atom stereocenters. The van der Waals surface area contributed by atoms with Crippen LogP contribution in [0, 0.1) is 5.82 Å².